The summed E-state index contributed by atoms with van der Waals surface area (Å²) in [5.74, 6) is 1.20. The van der Waals surface area contributed by atoms with Gasteiger partial charge in [0.25, 0.3) is 0 Å². The maximum Gasteiger partial charge on any atom is 0.152 e. The maximum absolute atomic E-state index is 11.0. The first kappa shape index (κ1) is 34.6. The van der Waals surface area contributed by atoms with Crippen molar-refractivity contribution < 1.29 is 14.9 Å². The van der Waals surface area contributed by atoms with Gasteiger partial charge in [-0.3, -0.25) is 4.90 Å². The summed E-state index contributed by atoms with van der Waals surface area (Å²) >= 11 is 12.0. The van der Waals surface area contributed by atoms with E-state index in [1.54, 1.807) is 12.1 Å². The number of halogens is 2. The number of nitrogens with zero attached hydrogens (tertiary/aromatic N) is 1. The van der Waals surface area contributed by atoms with Gasteiger partial charge in [0.2, 0.25) is 0 Å². The van der Waals surface area contributed by atoms with Crippen molar-refractivity contribution in [2.45, 2.75) is 71.5 Å². The topological polar surface area (TPSA) is 65.0 Å². The van der Waals surface area contributed by atoms with Gasteiger partial charge in [-0.2, -0.15) is 0 Å². The molecule has 0 unspecified atom stereocenters. The van der Waals surface area contributed by atoms with Crippen LogP contribution in [0.4, 0.5) is 0 Å². The predicted octanol–water partition coefficient (Wildman–Crippen LogP) is 9.00. The van der Waals surface area contributed by atoms with Crippen molar-refractivity contribution in [2.24, 2.45) is 0 Å². The maximum atomic E-state index is 11.0. The second-order valence-corrected chi connectivity index (χ2v) is 13.0. The third-order valence-electron chi connectivity index (χ3n) is 8.25. The third kappa shape index (κ3) is 10.1. The molecule has 0 spiro atoms. The Hall–Kier alpha value is -3.22. The zero-order valence-corrected chi connectivity index (χ0v) is 28.3. The Morgan fingerprint density at radius 1 is 0.756 bits per heavy atom. The number of rotatable bonds is 16. The molecule has 240 valence electrons. The van der Waals surface area contributed by atoms with Crippen LogP contribution >= 0.6 is 23.2 Å². The molecule has 7 heteroatoms. The molecule has 0 aliphatic carbocycles. The highest BCUT2D eigenvalue weighted by atomic mass is 35.5. The van der Waals surface area contributed by atoms with Crippen molar-refractivity contribution in [3.63, 3.8) is 0 Å². The van der Waals surface area contributed by atoms with Gasteiger partial charge >= 0.3 is 0 Å². The number of hydrogen-bond acceptors (Lipinski definition) is 5. The monoisotopic (exact) mass is 648 g/mol. The van der Waals surface area contributed by atoms with E-state index in [0.29, 0.717) is 31.0 Å². The first-order valence-corrected chi connectivity index (χ1v) is 16.6. The summed E-state index contributed by atoms with van der Waals surface area (Å²) in [7, 11) is 0. The van der Waals surface area contributed by atoms with Crippen molar-refractivity contribution in [2.75, 3.05) is 19.7 Å². The molecule has 0 aliphatic heterocycles. The van der Waals surface area contributed by atoms with Gasteiger partial charge in [-0.05, 0) is 106 Å². The van der Waals surface area contributed by atoms with E-state index in [4.69, 9.17) is 27.9 Å². The molecule has 3 N–H and O–H groups in total. The van der Waals surface area contributed by atoms with E-state index in [-0.39, 0.29) is 21.7 Å². The van der Waals surface area contributed by atoms with Gasteiger partial charge in [0.15, 0.2) is 5.75 Å². The van der Waals surface area contributed by atoms with Gasteiger partial charge < -0.3 is 20.3 Å². The highest BCUT2D eigenvalue weighted by molar-refractivity contribution is 6.37. The lowest BCUT2D eigenvalue weighted by Gasteiger charge is -2.32. The average molecular weight is 650 g/mol. The largest absolute Gasteiger partial charge is 0.508 e. The summed E-state index contributed by atoms with van der Waals surface area (Å²) in [6.45, 7) is 11.9. The number of ether oxygens (including phenoxy) is 1. The standard InChI is InChI=1S/C38H46Cl2N2O3/c1-26(2)42(27(3)4)20-17-33(31-8-6-5-7-9-31)34-22-29(12-15-37(34)43)18-21-45-32-13-10-28(11-14-32)16-19-41-25-30-23-35(39)38(44)36(40)24-30/h5-15,22-24,26-27,33,41,43-44H,16-21,25H2,1-4H3/t33-/m1/s1. The Labute approximate surface area is 278 Å². The van der Waals surface area contributed by atoms with Crippen molar-refractivity contribution in [3.8, 4) is 17.2 Å². The Morgan fingerprint density at radius 2 is 1.40 bits per heavy atom. The normalized spacial score (nSPS) is 12.3. The van der Waals surface area contributed by atoms with Gasteiger partial charge in [-0.1, -0.05) is 77.8 Å². The first-order chi connectivity index (χ1) is 21.6. The van der Waals surface area contributed by atoms with Crippen molar-refractivity contribution in [3.05, 3.63) is 123 Å². The third-order valence-corrected chi connectivity index (χ3v) is 8.83. The molecular weight excluding hydrogens is 603 g/mol. The molecule has 4 aromatic carbocycles. The molecule has 45 heavy (non-hydrogen) atoms. The summed E-state index contributed by atoms with van der Waals surface area (Å²) in [6, 6.07) is 29.1. The molecule has 0 aliphatic rings. The van der Waals surface area contributed by atoms with Crippen LogP contribution in [0.25, 0.3) is 0 Å². The quantitative estimate of drug-likeness (QED) is 0.106. The molecule has 0 saturated heterocycles. The smallest absolute Gasteiger partial charge is 0.152 e. The Morgan fingerprint density at radius 3 is 2.04 bits per heavy atom. The number of nitrogens with one attached hydrogen (secondary N) is 1. The number of hydrogen-bond donors (Lipinski definition) is 3. The minimum Gasteiger partial charge on any atom is -0.508 e. The molecule has 5 nitrogen and oxygen atoms in total. The van der Waals surface area contributed by atoms with E-state index in [9.17, 15) is 10.2 Å². The molecule has 0 bridgehead atoms. The van der Waals surface area contributed by atoms with E-state index >= 15 is 0 Å². The number of phenols is 2. The molecule has 0 aromatic heterocycles. The van der Waals surface area contributed by atoms with Crippen LogP contribution in [-0.2, 0) is 19.4 Å². The minimum absolute atomic E-state index is 0.0836. The fourth-order valence-electron chi connectivity index (χ4n) is 5.84. The highest BCUT2D eigenvalue weighted by Crippen LogP contribution is 2.35. The van der Waals surface area contributed by atoms with Gasteiger partial charge in [-0.15, -0.1) is 0 Å². The van der Waals surface area contributed by atoms with Crippen LogP contribution in [0.5, 0.6) is 17.2 Å². The van der Waals surface area contributed by atoms with Crippen LogP contribution in [0.1, 0.15) is 67.9 Å². The summed E-state index contributed by atoms with van der Waals surface area (Å²) in [5.41, 5.74) is 5.47. The lowest BCUT2D eigenvalue weighted by atomic mass is 9.86. The molecular formula is C38H46Cl2N2O3. The van der Waals surface area contributed by atoms with E-state index in [2.05, 4.69) is 80.4 Å². The van der Waals surface area contributed by atoms with Crippen molar-refractivity contribution in [1.82, 2.24) is 10.2 Å². The molecule has 0 fully saturated rings. The van der Waals surface area contributed by atoms with Gasteiger partial charge in [0.1, 0.15) is 11.5 Å². The summed E-state index contributed by atoms with van der Waals surface area (Å²) < 4.78 is 6.10. The van der Waals surface area contributed by atoms with Crippen molar-refractivity contribution >= 4 is 23.2 Å². The Kier molecular flexibility index (Phi) is 13.0. The van der Waals surface area contributed by atoms with Crippen LogP contribution in [0.2, 0.25) is 10.0 Å². The number of benzene rings is 4. The predicted molar refractivity (Wildman–Crippen MR) is 187 cm³/mol. The molecule has 0 heterocycles. The lowest BCUT2D eigenvalue weighted by Crippen LogP contribution is -2.38. The molecule has 0 saturated carbocycles. The summed E-state index contributed by atoms with van der Waals surface area (Å²) in [5, 5.41) is 24.6. The van der Waals surface area contributed by atoms with Crippen LogP contribution in [0.15, 0.2) is 84.9 Å². The second kappa shape index (κ2) is 16.9. The highest BCUT2D eigenvalue weighted by Gasteiger charge is 2.21. The van der Waals surface area contributed by atoms with E-state index in [1.807, 2.05) is 30.3 Å². The van der Waals surface area contributed by atoms with Crippen LogP contribution in [-0.4, -0.2) is 46.9 Å². The van der Waals surface area contributed by atoms with Gasteiger partial charge in [0, 0.05) is 36.5 Å². The Bertz CT molecular complexity index is 1460. The molecule has 0 amide bonds. The van der Waals surface area contributed by atoms with Gasteiger partial charge in [0.05, 0.1) is 16.7 Å². The minimum atomic E-state index is -0.0836. The zero-order chi connectivity index (χ0) is 32.3. The fourth-order valence-corrected chi connectivity index (χ4v) is 6.37. The summed E-state index contributed by atoms with van der Waals surface area (Å²) in [4.78, 5) is 2.51. The zero-order valence-electron chi connectivity index (χ0n) is 26.8. The summed E-state index contributed by atoms with van der Waals surface area (Å²) in [6.07, 6.45) is 2.54. The van der Waals surface area contributed by atoms with Gasteiger partial charge in [-0.25, -0.2) is 0 Å². The molecule has 4 aromatic rings. The number of aromatic hydroxyl groups is 2. The van der Waals surface area contributed by atoms with Crippen molar-refractivity contribution in [1.29, 1.82) is 0 Å². The molecule has 4 rings (SSSR count). The van der Waals surface area contributed by atoms with Crippen LogP contribution in [0, 0.1) is 0 Å². The van der Waals surface area contributed by atoms with Crippen LogP contribution < -0.4 is 10.1 Å². The molecule has 1 atom stereocenters. The fraction of sp³-hybridized carbons (Fsp3) is 0.368. The van der Waals surface area contributed by atoms with E-state index in [0.717, 1.165) is 54.8 Å². The SMILES string of the molecule is CC(C)N(CC[C@H](c1ccccc1)c1cc(CCOc2ccc(CCNCc3cc(Cl)c(O)c(Cl)c3)cc2)ccc1O)C(C)C. The first-order valence-electron chi connectivity index (χ1n) is 15.8. The molecule has 0 radical (unpaired) electrons. The van der Waals surface area contributed by atoms with E-state index < -0.39 is 0 Å². The second-order valence-electron chi connectivity index (χ2n) is 12.1. The van der Waals surface area contributed by atoms with E-state index in [1.165, 1.54) is 11.1 Å². The average Bonchev–Trinajstić information content (AvgIpc) is 3.02. The Balaban J connectivity index is 1.31. The van der Waals surface area contributed by atoms with Crippen LogP contribution in [0.3, 0.4) is 0 Å². The number of phenolic OH excluding ortho intramolecular Hbond substituents is 2. The lowest BCUT2D eigenvalue weighted by molar-refractivity contribution is 0.170.